The molecule has 0 aromatic rings. The molecule has 0 aliphatic rings. The molecule has 0 saturated carbocycles. The van der Waals surface area contributed by atoms with Gasteiger partial charge in [-0.3, -0.25) is 9.59 Å². The summed E-state index contributed by atoms with van der Waals surface area (Å²) >= 11 is 0. The Balaban J connectivity index is 4.62. The van der Waals surface area contributed by atoms with Gasteiger partial charge in [0.1, 0.15) is 0 Å². The molecule has 0 aliphatic heterocycles. The fourth-order valence-electron chi connectivity index (χ4n) is 1.34. The molecule has 0 fully saturated rings. The van der Waals surface area contributed by atoms with Crippen LogP contribution in [0.5, 0.6) is 0 Å². The van der Waals surface area contributed by atoms with Gasteiger partial charge in [0.15, 0.2) is 11.1 Å². The van der Waals surface area contributed by atoms with Crippen molar-refractivity contribution < 1.29 is 19.8 Å². The molecule has 0 aromatic carbocycles. The van der Waals surface area contributed by atoms with Gasteiger partial charge in [-0.25, -0.2) is 0 Å². The third kappa shape index (κ3) is 7.46. The first-order valence-corrected chi connectivity index (χ1v) is 7.40. The SMILES string of the molecule is CC(C)(/N=N/C(C)(C)C(=O)NCCCO)C(=O)NCCCO. The number of nitrogens with zero attached hydrogens (tertiary/aromatic N) is 2. The van der Waals surface area contributed by atoms with Crippen LogP contribution in [0.2, 0.25) is 0 Å². The van der Waals surface area contributed by atoms with Gasteiger partial charge in [0.05, 0.1) is 0 Å². The predicted molar refractivity (Wildman–Crippen MR) is 82.4 cm³/mol. The summed E-state index contributed by atoms with van der Waals surface area (Å²) in [5.74, 6) is -0.637. The third-order valence-electron chi connectivity index (χ3n) is 2.90. The molecule has 2 amide bonds. The van der Waals surface area contributed by atoms with E-state index in [9.17, 15) is 9.59 Å². The van der Waals surface area contributed by atoms with Crippen molar-refractivity contribution in [1.29, 1.82) is 0 Å². The van der Waals surface area contributed by atoms with E-state index in [1.807, 2.05) is 0 Å². The van der Waals surface area contributed by atoms with Crippen LogP contribution in [0, 0.1) is 0 Å². The Morgan fingerprint density at radius 1 is 0.818 bits per heavy atom. The van der Waals surface area contributed by atoms with Crippen LogP contribution >= 0.6 is 0 Å². The Labute approximate surface area is 131 Å². The van der Waals surface area contributed by atoms with Gasteiger partial charge in [0.25, 0.3) is 0 Å². The van der Waals surface area contributed by atoms with E-state index in [0.29, 0.717) is 25.9 Å². The highest BCUT2D eigenvalue weighted by Crippen LogP contribution is 2.16. The molecule has 0 rings (SSSR count). The van der Waals surface area contributed by atoms with Crippen molar-refractivity contribution in [1.82, 2.24) is 10.6 Å². The number of hydrogen-bond acceptors (Lipinski definition) is 6. The highest BCUT2D eigenvalue weighted by Gasteiger charge is 2.31. The normalized spacial score (nSPS) is 12.5. The Kier molecular flexibility index (Phi) is 8.81. The minimum Gasteiger partial charge on any atom is -0.396 e. The lowest BCUT2D eigenvalue weighted by molar-refractivity contribution is -0.127. The van der Waals surface area contributed by atoms with E-state index in [1.54, 1.807) is 27.7 Å². The van der Waals surface area contributed by atoms with Gasteiger partial charge in [0.2, 0.25) is 11.8 Å². The van der Waals surface area contributed by atoms with E-state index in [-0.39, 0.29) is 25.0 Å². The van der Waals surface area contributed by atoms with Gasteiger partial charge < -0.3 is 20.8 Å². The molecule has 0 radical (unpaired) electrons. The van der Waals surface area contributed by atoms with Crippen LogP contribution in [0.1, 0.15) is 40.5 Å². The van der Waals surface area contributed by atoms with Crippen LogP contribution in [-0.4, -0.2) is 59.4 Å². The zero-order chi connectivity index (χ0) is 17.2. The zero-order valence-electron chi connectivity index (χ0n) is 13.8. The van der Waals surface area contributed by atoms with E-state index in [1.165, 1.54) is 0 Å². The zero-order valence-corrected chi connectivity index (χ0v) is 13.8. The lowest BCUT2D eigenvalue weighted by Crippen LogP contribution is -2.44. The molecule has 8 nitrogen and oxygen atoms in total. The second kappa shape index (κ2) is 9.47. The molecule has 0 heterocycles. The van der Waals surface area contributed by atoms with Crippen molar-refractivity contribution in [3.8, 4) is 0 Å². The minimum atomic E-state index is -1.10. The van der Waals surface area contributed by atoms with Crippen LogP contribution in [-0.2, 0) is 9.59 Å². The molecule has 22 heavy (non-hydrogen) atoms. The predicted octanol–water partition coefficient (Wildman–Crippen LogP) is -0.00700. The maximum Gasteiger partial charge on any atom is 0.249 e. The molecular formula is C14H28N4O4. The van der Waals surface area contributed by atoms with Crippen LogP contribution in [0.4, 0.5) is 0 Å². The highest BCUT2D eigenvalue weighted by molar-refractivity contribution is 5.86. The third-order valence-corrected chi connectivity index (χ3v) is 2.90. The topological polar surface area (TPSA) is 123 Å². The Morgan fingerprint density at radius 2 is 1.14 bits per heavy atom. The van der Waals surface area contributed by atoms with E-state index in [4.69, 9.17) is 10.2 Å². The maximum absolute atomic E-state index is 12.0. The quantitative estimate of drug-likeness (QED) is 0.334. The average molecular weight is 316 g/mol. The van der Waals surface area contributed by atoms with Gasteiger partial charge in [-0.2, -0.15) is 10.2 Å². The van der Waals surface area contributed by atoms with Crippen molar-refractivity contribution >= 4 is 11.8 Å². The summed E-state index contributed by atoms with van der Waals surface area (Å²) in [6, 6.07) is 0. The van der Waals surface area contributed by atoms with Crippen molar-refractivity contribution in [3.63, 3.8) is 0 Å². The molecule has 0 bridgehead atoms. The fraction of sp³-hybridized carbons (Fsp3) is 0.857. The van der Waals surface area contributed by atoms with Crippen LogP contribution in [0.15, 0.2) is 10.2 Å². The van der Waals surface area contributed by atoms with Gasteiger partial charge in [-0.1, -0.05) is 0 Å². The fourth-order valence-corrected chi connectivity index (χ4v) is 1.34. The highest BCUT2D eigenvalue weighted by atomic mass is 16.3. The number of carbonyl (C=O) groups excluding carboxylic acids is 2. The first kappa shape index (κ1) is 20.5. The summed E-state index contributed by atoms with van der Waals surface area (Å²) in [6.07, 6.45) is 0.940. The summed E-state index contributed by atoms with van der Waals surface area (Å²) in [4.78, 5) is 23.9. The molecule has 0 saturated heterocycles. The average Bonchev–Trinajstić information content (AvgIpc) is 2.45. The van der Waals surface area contributed by atoms with Gasteiger partial charge in [0, 0.05) is 26.3 Å². The summed E-state index contributed by atoms with van der Waals surface area (Å²) in [7, 11) is 0. The molecule has 4 N–H and O–H groups in total. The van der Waals surface area contributed by atoms with Crippen molar-refractivity contribution in [3.05, 3.63) is 0 Å². The summed E-state index contributed by atoms with van der Waals surface area (Å²) in [5, 5.41) is 30.7. The Morgan fingerprint density at radius 3 is 1.41 bits per heavy atom. The summed E-state index contributed by atoms with van der Waals surface area (Å²) < 4.78 is 0. The lowest BCUT2D eigenvalue weighted by atomic mass is 10.0. The van der Waals surface area contributed by atoms with Crippen LogP contribution in [0.3, 0.4) is 0 Å². The molecule has 128 valence electrons. The van der Waals surface area contributed by atoms with Crippen LogP contribution in [0.25, 0.3) is 0 Å². The maximum atomic E-state index is 12.0. The van der Waals surface area contributed by atoms with Crippen LogP contribution < -0.4 is 10.6 Å². The standard InChI is InChI=1S/C14H28N4O4/c1-13(2,11(21)15-7-5-9-19)17-18-14(3,4)12(22)16-8-6-10-20/h19-20H,5-10H2,1-4H3,(H,15,21)(H,16,22)/b18-17+. The lowest BCUT2D eigenvalue weighted by Gasteiger charge is -2.22. The second-order valence-corrected chi connectivity index (χ2v) is 5.98. The first-order valence-electron chi connectivity index (χ1n) is 7.40. The number of aliphatic hydroxyl groups is 2. The van der Waals surface area contributed by atoms with E-state index in [2.05, 4.69) is 20.9 Å². The first-order chi connectivity index (χ1) is 10.2. The molecule has 0 aliphatic carbocycles. The molecule has 0 atom stereocenters. The molecular weight excluding hydrogens is 288 g/mol. The number of rotatable bonds is 10. The minimum absolute atomic E-state index is 0.00324. The molecule has 0 aromatic heterocycles. The van der Waals surface area contributed by atoms with Gasteiger partial charge >= 0.3 is 0 Å². The largest absolute Gasteiger partial charge is 0.396 e. The number of aliphatic hydroxyl groups excluding tert-OH is 2. The van der Waals surface area contributed by atoms with Gasteiger partial charge in [-0.05, 0) is 40.5 Å². The summed E-state index contributed by atoms with van der Waals surface area (Å²) in [5.41, 5.74) is -2.20. The Hall–Kier alpha value is -1.54. The van der Waals surface area contributed by atoms with Crippen molar-refractivity contribution in [2.45, 2.75) is 51.6 Å². The molecule has 0 spiro atoms. The summed E-state index contributed by atoms with van der Waals surface area (Å²) in [6.45, 7) is 7.13. The Bertz CT molecular complexity index is 358. The number of hydrogen-bond donors (Lipinski definition) is 4. The number of amides is 2. The number of azo groups is 1. The number of carbonyl (C=O) groups is 2. The van der Waals surface area contributed by atoms with Crippen molar-refractivity contribution in [2.24, 2.45) is 10.2 Å². The van der Waals surface area contributed by atoms with E-state index in [0.717, 1.165) is 0 Å². The van der Waals surface area contributed by atoms with Gasteiger partial charge in [-0.15, -0.1) is 0 Å². The molecule has 0 unspecified atom stereocenters. The smallest absolute Gasteiger partial charge is 0.249 e. The monoisotopic (exact) mass is 316 g/mol. The van der Waals surface area contributed by atoms with Crippen molar-refractivity contribution in [2.75, 3.05) is 26.3 Å². The molecule has 8 heteroatoms. The van der Waals surface area contributed by atoms with E-state index >= 15 is 0 Å². The van der Waals surface area contributed by atoms with E-state index < -0.39 is 11.1 Å². The second-order valence-electron chi connectivity index (χ2n) is 5.98. The number of nitrogens with one attached hydrogen (secondary N) is 2.